The van der Waals surface area contributed by atoms with E-state index < -0.39 is 9.84 Å². The summed E-state index contributed by atoms with van der Waals surface area (Å²) in [5, 5.41) is -0.107. The van der Waals surface area contributed by atoms with E-state index in [1.807, 2.05) is 0 Å². The monoisotopic (exact) mass is 283 g/mol. The molecule has 2 N–H and O–H groups in total. The third kappa shape index (κ3) is 4.13. The Labute approximate surface area is 114 Å². The number of benzene rings is 1. The van der Waals surface area contributed by atoms with Crippen molar-refractivity contribution in [2.75, 3.05) is 18.1 Å². The molecule has 1 saturated carbocycles. The second-order valence-electron chi connectivity index (χ2n) is 5.04. The molecule has 0 spiro atoms. The van der Waals surface area contributed by atoms with Crippen molar-refractivity contribution in [2.24, 2.45) is 0 Å². The van der Waals surface area contributed by atoms with Crippen LogP contribution in [0.3, 0.4) is 0 Å². The highest BCUT2D eigenvalue weighted by atomic mass is 32.2. The minimum Gasteiger partial charge on any atom is -0.494 e. The number of hydrogen-bond acceptors (Lipinski definition) is 4. The third-order valence-electron chi connectivity index (χ3n) is 3.53. The van der Waals surface area contributed by atoms with E-state index in [2.05, 4.69) is 0 Å². The maximum atomic E-state index is 12.0. The van der Waals surface area contributed by atoms with E-state index in [-0.39, 0.29) is 11.0 Å². The topological polar surface area (TPSA) is 69.4 Å². The van der Waals surface area contributed by atoms with Crippen LogP contribution in [0.15, 0.2) is 24.3 Å². The molecule has 0 radical (unpaired) electrons. The van der Waals surface area contributed by atoms with E-state index in [0.29, 0.717) is 18.7 Å². The predicted molar refractivity (Wildman–Crippen MR) is 77.0 cm³/mol. The molecule has 0 heterocycles. The van der Waals surface area contributed by atoms with Gasteiger partial charge in [0.25, 0.3) is 0 Å². The van der Waals surface area contributed by atoms with Gasteiger partial charge in [-0.05, 0) is 43.5 Å². The molecule has 0 saturated heterocycles. The maximum absolute atomic E-state index is 12.0. The van der Waals surface area contributed by atoms with Crippen molar-refractivity contribution < 1.29 is 13.2 Å². The van der Waals surface area contributed by atoms with E-state index in [9.17, 15) is 8.42 Å². The van der Waals surface area contributed by atoms with E-state index in [1.165, 1.54) is 0 Å². The van der Waals surface area contributed by atoms with Gasteiger partial charge in [-0.1, -0.05) is 12.8 Å². The first-order valence-electron chi connectivity index (χ1n) is 6.78. The Kier molecular flexibility index (Phi) is 4.69. The van der Waals surface area contributed by atoms with Crippen LogP contribution in [0.25, 0.3) is 0 Å². The molecule has 19 heavy (non-hydrogen) atoms. The Hall–Kier alpha value is -1.23. The van der Waals surface area contributed by atoms with Crippen LogP contribution in [-0.4, -0.2) is 26.0 Å². The number of rotatable bonds is 6. The van der Waals surface area contributed by atoms with Gasteiger partial charge >= 0.3 is 0 Å². The Morgan fingerprint density at radius 3 is 2.42 bits per heavy atom. The number of hydrogen-bond donors (Lipinski definition) is 1. The summed E-state index contributed by atoms with van der Waals surface area (Å²) in [4.78, 5) is 0. The molecule has 106 valence electrons. The summed E-state index contributed by atoms with van der Waals surface area (Å²) in [7, 11) is -2.92. The van der Waals surface area contributed by atoms with Crippen molar-refractivity contribution in [3.63, 3.8) is 0 Å². The van der Waals surface area contributed by atoms with Gasteiger partial charge in [-0.25, -0.2) is 8.42 Å². The van der Waals surface area contributed by atoms with Crippen LogP contribution in [0.5, 0.6) is 5.75 Å². The van der Waals surface area contributed by atoms with E-state index in [0.717, 1.165) is 31.4 Å². The first-order chi connectivity index (χ1) is 9.08. The fourth-order valence-corrected chi connectivity index (χ4v) is 4.33. The molecule has 1 aliphatic rings. The summed E-state index contributed by atoms with van der Waals surface area (Å²) in [6, 6.07) is 7.12. The zero-order valence-corrected chi connectivity index (χ0v) is 11.9. The van der Waals surface area contributed by atoms with Crippen LogP contribution in [0.4, 0.5) is 5.69 Å². The van der Waals surface area contributed by atoms with Gasteiger partial charge in [0.05, 0.1) is 17.6 Å². The van der Waals surface area contributed by atoms with Crippen molar-refractivity contribution in [3.05, 3.63) is 24.3 Å². The lowest BCUT2D eigenvalue weighted by Crippen LogP contribution is -2.22. The molecule has 0 amide bonds. The van der Waals surface area contributed by atoms with Crippen LogP contribution in [0.1, 0.15) is 32.1 Å². The molecule has 1 aromatic carbocycles. The zero-order chi connectivity index (χ0) is 13.7. The van der Waals surface area contributed by atoms with E-state index in [1.54, 1.807) is 24.3 Å². The minimum absolute atomic E-state index is 0.107. The highest BCUT2D eigenvalue weighted by Gasteiger charge is 2.27. The molecule has 1 aliphatic carbocycles. The summed E-state index contributed by atoms with van der Waals surface area (Å²) < 4.78 is 29.5. The maximum Gasteiger partial charge on any atom is 0.153 e. The molecule has 2 rings (SSSR count). The van der Waals surface area contributed by atoms with Crippen LogP contribution in [-0.2, 0) is 9.84 Å². The molecule has 0 aliphatic heterocycles. The van der Waals surface area contributed by atoms with E-state index >= 15 is 0 Å². The number of anilines is 1. The largest absolute Gasteiger partial charge is 0.494 e. The summed E-state index contributed by atoms with van der Waals surface area (Å²) >= 11 is 0. The Morgan fingerprint density at radius 2 is 1.79 bits per heavy atom. The Morgan fingerprint density at radius 1 is 1.16 bits per heavy atom. The normalized spacial score (nSPS) is 16.6. The lowest BCUT2D eigenvalue weighted by atomic mass is 10.3. The van der Waals surface area contributed by atoms with Crippen LogP contribution in [0, 0.1) is 0 Å². The van der Waals surface area contributed by atoms with E-state index in [4.69, 9.17) is 10.5 Å². The van der Waals surface area contributed by atoms with Gasteiger partial charge in [-0.3, -0.25) is 0 Å². The number of nitrogens with two attached hydrogens (primary N) is 1. The zero-order valence-electron chi connectivity index (χ0n) is 11.0. The lowest BCUT2D eigenvalue weighted by molar-refractivity contribution is 0.317. The second kappa shape index (κ2) is 6.28. The Bertz CT molecular complexity index is 490. The summed E-state index contributed by atoms with van der Waals surface area (Å²) in [6.07, 6.45) is 4.31. The highest BCUT2D eigenvalue weighted by Crippen LogP contribution is 2.25. The third-order valence-corrected chi connectivity index (χ3v) is 5.88. The first kappa shape index (κ1) is 14.2. The standard InChI is InChI=1S/C14H21NO3S/c15-12-6-8-13(9-7-12)18-10-3-11-19(16,17)14-4-1-2-5-14/h6-9,14H,1-5,10-11,15H2. The number of ether oxygens (including phenoxy) is 1. The molecule has 4 nitrogen and oxygen atoms in total. The molecule has 0 bridgehead atoms. The minimum atomic E-state index is -2.92. The molecule has 0 aromatic heterocycles. The van der Waals surface area contributed by atoms with Crippen molar-refractivity contribution in [1.82, 2.24) is 0 Å². The molecule has 0 unspecified atom stereocenters. The fraction of sp³-hybridized carbons (Fsp3) is 0.571. The van der Waals surface area contributed by atoms with Crippen molar-refractivity contribution in [3.8, 4) is 5.75 Å². The van der Waals surface area contributed by atoms with Crippen molar-refractivity contribution >= 4 is 15.5 Å². The van der Waals surface area contributed by atoms with Crippen molar-refractivity contribution in [2.45, 2.75) is 37.4 Å². The van der Waals surface area contributed by atoms with Crippen LogP contribution < -0.4 is 10.5 Å². The molecule has 5 heteroatoms. The first-order valence-corrected chi connectivity index (χ1v) is 8.49. The van der Waals surface area contributed by atoms with Gasteiger partial charge in [-0.15, -0.1) is 0 Å². The van der Waals surface area contributed by atoms with Gasteiger partial charge in [0.2, 0.25) is 0 Å². The average molecular weight is 283 g/mol. The average Bonchev–Trinajstić information content (AvgIpc) is 2.91. The SMILES string of the molecule is Nc1ccc(OCCCS(=O)(=O)C2CCCC2)cc1. The molecule has 1 aromatic rings. The number of sulfone groups is 1. The summed E-state index contributed by atoms with van der Waals surface area (Å²) in [5.41, 5.74) is 6.26. The number of nitrogen functional groups attached to an aromatic ring is 1. The summed E-state index contributed by atoms with van der Waals surface area (Å²) in [6.45, 7) is 0.426. The summed E-state index contributed by atoms with van der Waals surface area (Å²) in [5.74, 6) is 0.958. The quantitative estimate of drug-likeness (QED) is 0.643. The van der Waals surface area contributed by atoms with Crippen molar-refractivity contribution in [1.29, 1.82) is 0 Å². The lowest BCUT2D eigenvalue weighted by Gasteiger charge is -2.11. The van der Waals surface area contributed by atoms with Crippen LogP contribution >= 0.6 is 0 Å². The van der Waals surface area contributed by atoms with Gasteiger partial charge < -0.3 is 10.5 Å². The Balaban J connectivity index is 1.73. The smallest absolute Gasteiger partial charge is 0.153 e. The highest BCUT2D eigenvalue weighted by molar-refractivity contribution is 7.92. The van der Waals surface area contributed by atoms with Gasteiger partial charge in [0.1, 0.15) is 5.75 Å². The molecule has 1 fully saturated rings. The molecular formula is C14H21NO3S. The van der Waals surface area contributed by atoms with Crippen LogP contribution in [0.2, 0.25) is 0 Å². The second-order valence-corrected chi connectivity index (χ2v) is 7.45. The van der Waals surface area contributed by atoms with Gasteiger partial charge in [-0.2, -0.15) is 0 Å². The predicted octanol–water partition coefficient (Wildman–Crippen LogP) is 2.40. The van der Waals surface area contributed by atoms with Gasteiger partial charge in [0, 0.05) is 5.69 Å². The van der Waals surface area contributed by atoms with Gasteiger partial charge in [0.15, 0.2) is 9.84 Å². The molecule has 0 atom stereocenters. The fourth-order valence-electron chi connectivity index (χ4n) is 2.43. The molecular weight excluding hydrogens is 262 g/mol.